The molecule has 104 valence electrons. The Morgan fingerprint density at radius 3 is 2.58 bits per heavy atom. The summed E-state index contributed by atoms with van der Waals surface area (Å²) in [6.45, 7) is 5.54. The highest BCUT2D eigenvalue weighted by atomic mass is 16.5. The van der Waals surface area contributed by atoms with Crippen molar-refractivity contribution in [2.24, 2.45) is 11.8 Å². The van der Waals surface area contributed by atoms with Crippen molar-refractivity contribution in [3.8, 4) is 5.75 Å². The first-order valence-corrected chi connectivity index (χ1v) is 6.22. The first kappa shape index (κ1) is 15.0. The van der Waals surface area contributed by atoms with E-state index in [4.69, 9.17) is 9.84 Å². The molecule has 0 fully saturated rings. The molecule has 0 aliphatic heterocycles. The fourth-order valence-corrected chi connectivity index (χ4v) is 1.53. The molecule has 2 unspecified atom stereocenters. The van der Waals surface area contributed by atoms with Crippen molar-refractivity contribution in [3.05, 3.63) is 24.3 Å². The molecule has 1 amide bonds. The Morgan fingerprint density at radius 1 is 1.32 bits per heavy atom. The lowest BCUT2D eigenvalue weighted by Crippen LogP contribution is -2.29. The number of carboxylic acids is 1. The number of amides is 1. The number of nitrogens with one attached hydrogen (secondary N) is 1. The average molecular weight is 265 g/mol. The highest BCUT2D eigenvalue weighted by molar-refractivity contribution is 5.94. The number of carbonyl (C=O) groups excluding carboxylic acids is 1. The van der Waals surface area contributed by atoms with Gasteiger partial charge in [-0.15, -0.1) is 0 Å². The Labute approximate surface area is 112 Å². The molecule has 5 nitrogen and oxygen atoms in total. The molecule has 2 atom stereocenters. The van der Waals surface area contributed by atoms with Gasteiger partial charge in [0.25, 0.3) is 0 Å². The van der Waals surface area contributed by atoms with Crippen LogP contribution in [-0.4, -0.2) is 23.6 Å². The summed E-state index contributed by atoms with van der Waals surface area (Å²) in [7, 11) is 0. The minimum absolute atomic E-state index is 0.316. The van der Waals surface area contributed by atoms with Crippen LogP contribution in [0.25, 0.3) is 0 Å². The van der Waals surface area contributed by atoms with Crippen LogP contribution in [-0.2, 0) is 9.59 Å². The number of carboxylic acid groups (broad SMARTS) is 1. The fourth-order valence-electron chi connectivity index (χ4n) is 1.53. The summed E-state index contributed by atoms with van der Waals surface area (Å²) in [5.41, 5.74) is 0.598. The van der Waals surface area contributed by atoms with Crippen molar-refractivity contribution < 1.29 is 19.4 Å². The van der Waals surface area contributed by atoms with Crippen LogP contribution in [0.5, 0.6) is 5.75 Å². The van der Waals surface area contributed by atoms with Crippen LogP contribution in [0.3, 0.4) is 0 Å². The summed E-state index contributed by atoms with van der Waals surface area (Å²) in [5.74, 6) is -1.96. The van der Waals surface area contributed by atoms with E-state index in [1.807, 2.05) is 6.92 Å². The molecule has 0 radical (unpaired) electrons. The quantitative estimate of drug-likeness (QED) is 0.828. The van der Waals surface area contributed by atoms with Crippen LogP contribution in [0, 0.1) is 11.8 Å². The first-order chi connectivity index (χ1) is 8.95. The third kappa shape index (κ3) is 4.28. The van der Waals surface area contributed by atoms with Gasteiger partial charge in [-0.1, -0.05) is 19.9 Å². The van der Waals surface area contributed by atoms with Crippen LogP contribution in [0.4, 0.5) is 5.69 Å². The fraction of sp³-hybridized carbons (Fsp3) is 0.429. The van der Waals surface area contributed by atoms with Crippen molar-refractivity contribution in [3.63, 3.8) is 0 Å². The third-order valence-corrected chi connectivity index (χ3v) is 2.97. The van der Waals surface area contributed by atoms with E-state index in [9.17, 15) is 9.59 Å². The van der Waals surface area contributed by atoms with E-state index in [1.165, 1.54) is 6.92 Å². The number of anilines is 1. The van der Waals surface area contributed by atoms with Crippen LogP contribution in [0.2, 0.25) is 0 Å². The van der Waals surface area contributed by atoms with Crippen LogP contribution in [0.15, 0.2) is 24.3 Å². The number of aliphatic carboxylic acids is 1. The maximum absolute atomic E-state index is 11.9. The van der Waals surface area contributed by atoms with Gasteiger partial charge in [0, 0.05) is 17.7 Å². The molecule has 0 heterocycles. The lowest BCUT2D eigenvalue weighted by molar-refractivity contribution is -0.145. The molecular weight excluding hydrogens is 246 g/mol. The highest BCUT2D eigenvalue weighted by Gasteiger charge is 2.25. The normalized spacial score (nSPS) is 13.4. The first-order valence-electron chi connectivity index (χ1n) is 6.22. The SMILES string of the molecule is CCOc1cccc(NC(=O)C(C)C(C)C(=O)O)c1. The van der Waals surface area contributed by atoms with E-state index in [1.54, 1.807) is 31.2 Å². The van der Waals surface area contributed by atoms with Gasteiger partial charge in [-0.2, -0.15) is 0 Å². The number of ether oxygens (including phenoxy) is 1. The molecule has 2 N–H and O–H groups in total. The number of carbonyl (C=O) groups is 2. The third-order valence-electron chi connectivity index (χ3n) is 2.97. The number of hydrogen-bond donors (Lipinski definition) is 2. The van der Waals surface area contributed by atoms with Gasteiger partial charge in [0.15, 0.2) is 0 Å². The van der Waals surface area contributed by atoms with Gasteiger partial charge in [0.1, 0.15) is 5.75 Å². The van der Waals surface area contributed by atoms with Gasteiger partial charge in [0.2, 0.25) is 5.91 Å². The second-order valence-electron chi connectivity index (χ2n) is 4.37. The Kier molecular flexibility index (Phi) is 5.36. The van der Waals surface area contributed by atoms with Gasteiger partial charge in [-0.05, 0) is 19.1 Å². The zero-order valence-electron chi connectivity index (χ0n) is 11.3. The largest absolute Gasteiger partial charge is 0.494 e. The predicted molar refractivity (Wildman–Crippen MR) is 72.2 cm³/mol. The van der Waals surface area contributed by atoms with Gasteiger partial charge in [-0.3, -0.25) is 9.59 Å². The molecule has 1 aromatic rings. The summed E-state index contributed by atoms with van der Waals surface area (Å²) < 4.78 is 5.33. The smallest absolute Gasteiger partial charge is 0.307 e. The van der Waals surface area contributed by atoms with Crippen molar-refractivity contribution in [1.29, 1.82) is 0 Å². The molecule has 5 heteroatoms. The van der Waals surface area contributed by atoms with E-state index in [2.05, 4.69) is 5.32 Å². The number of rotatable bonds is 6. The predicted octanol–water partition coefficient (Wildman–Crippen LogP) is 2.38. The highest BCUT2D eigenvalue weighted by Crippen LogP contribution is 2.19. The molecule has 0 aromatic heterocycles. The monoisotopic (exact) mass is 265 g/mol. The number of benzene rings is 1. The van der Waals surface area contributed by atoms with Crippen molar-refractivity contribution >= 4 is 17.6 Å². The van der Waals surface area contributed by atoms with Gasteiger partial charge in [0.05, 0.1) is 12.5 Å². The van der Waals surface area contributed by atoms with Crippen LogP contribution < -0.4 is 10.1 Å². The minimum Gasteiger partial charge on any atom is -0.494 e. The summed E-state index contributed by atoms with van der Waals surface area (Å²) in [6, 6.07) is 7.01. The molecule has 0 saturated heterocycles. The van der Waals surface area contributed by atoms with Crippen LogP contribution >= 0.6 is 0 Å². The molecule has 0 aliphatic carbocycles. The standard InChI is InChI=1S/C14H19NO4/c1-4-19-12-7-5-6-11(8-12)15-13(16)9(2)10(3)14(17)18/h5-10H,4H2,1-3H3,(H,15,16)(H,17,18). The maximum Gasteiger partial charge on any atom is 0.307 e. The zero-order chi connectivity index (χ0) is 14.4. The van der Waals surface area contributed by atoms with Crippen molar-refractivity contribution in [2.45, 2.75) is 20.8 Å². The second-order valence-corrected chi connectivity index (χ2v) is 4.37. The second kappa shape index (κ2) is 6.78. The summed E-state index contributed by atoms with van der Waals surface area (Å²) in [4.78, 5) is 22.7. The minimum atomic E-state index is -0.981. The van der Waals surface area contributed by atoms with Gasteiger partial charge >= 0.3 is 5.97 Å². The summed E-state index contributed by atoms with van der Waals surface area (Å²) >= 11 is 0. The van der Waals surface area contributed by atoms with E-state index >= 15 is 0 Å². The Bertz CT molecular complexity index is 459. The Balaban J connectivity index is 2.71. The Hall–Kier alpha value is -2.04. The van der Waals surface area contributed by atoms with Gasteiger partial charge < -0.3 is 15.2 Å². The summed E-state index contributed by atoms with van der Waals surface area (Å²) in [5, 5.41) is 11.6. The Morgan fingerprint density at radius 2 is 2.00 bits per heavy atom. The molecule has 0 spiro atoms. The molecule has 1 aromatic carbocycles. The van der Waals surface area contributed by atoms with E-state index in [0.29, 0.717) is 18.0 Å². The average Bonchev–Trinajstić information content (AvgIpc) is 2.37. The van der Waals surface area contributed by atoms with Gasteiger partial charge in [-0.25, -0.2) is 0 Å². The van der Waals surface area contributed by atoms with E-state index in [-0.39, 0.29) is 5.91 Å². The molecule has 19 heavy (non-hydrogen) atoms. The number of hydrogen-bond acceptors (Lipinski definition) is 3. The molecule has 0 aliphatic rings. The molecule has 0 saturated carbocycles. The zero-order valence-corrected chi connectivity index (χ0v) is 11.3. The van der Waals surface area contributed by atoms with Crippen LogP contribution in [0.1, 0.15) is 20.8 Å². The lowest BCUT2D eigenvalue weighted by atomic mass is 9.95. The van der Waals surface area contributed by atoms with Crippen molar-refractivity contribution in [2.75, 3.05) is 11.9 Å². The van der Waals surface area contributed by atoms with Crippen molar-refractivity contribution in [1.82, 2.24) is 0 Å². The van der Waals surface area contributed by atoms with E-state index in [0.717, 1.165) is 0 Å². The molecule has 0 bridgehead atoms. The maximum atomic E-state index is 11.9. The molecule has 1 rings (SSSR count). The molecular formula is C14H19NO4. The topological polar surface area (TPSA) is 75.6 Å². The summed E-state index contributed by atoms with van der Waals surface area (Å²) in [6.07, 6.45) is 0. The lowest BCUT2D eigenvalue weighted by Gasteiger charge is -2.16. The van der Waals surface area contributed by atoms with E-state index < -0.39 is 17.8 Å².